The molecule has 0 amide bonds. The number of hydrogen-bond acceptors (Lipinski definition) is 4. The molecule has 1 unspecified atom stereocenters. The van der Waals surface area contributed by atoms with Crippen molar-refractivity contribution in [3.05, 3.63) is 30.1 Å². The van der Waals surface area contributed by atoms with Gasteiger partial charge in [0.1, 0.15) is 0 Å². The molecule has 4 nitrogen and oxygen atoms in total. The molecule has 4 rings (SSSR count). The first-order valence-corrected chi connectivity index (χ1v) is 10.6. The summed E-state index contributed by atoms with van der Waals surface area (Å²) in [5.74, 6) is 0.853. The second-order valence-electron chi connectivity index (χ2n) is 9.23. The first-order valence-electron chi connectivity index (χ1n) is 10.6. The first-order chi connectivity index (χ1) is 12.6. The molecule has 0 bridgehead atoms. The fraction of sp³-hybridized carbons (Fsp3) is 0.773. The number of piperidine rings is 1. The Hall–Kier alpha value is -0.970. The molecule has 2 saturated heterocycles. The molecule has 26 heavy (non-hydrogen) atoms. The summed E-state index contributed by atoms with van der Waals surface area (Å²) in [6, 6.07) is 5.51. The van der Waals surface area contributed by atoms with Gasteiger partial charge in [-0.05, 0) is 82.0 Å². The summed E-state index contributed by atoms with van der Waals surface area (Å²) in [5, 5.41) is 0. The number of likely N-dealkylation sites (tertiary alicyclic amines) is 2. The van der Waals surface area contributed by atoms with Crippen LogP contribution in [0.5, 0.6) is 0 Å². The van der Waals surface area contributed by atoms with Gasteiger partial charge in [0, 0.05) is 44.2 Å². The second-order valence-corrected chi connectivity index (χ2v) is 9.23. The Morgan fingerprint density at radius 1 is 1.23 bits per heavy atom. The minimum Gasteiger partial charge on any atom is -0.380 e. The maximum absolute atomic E-state index is 6.14. The number of ether oxygens (including phenoxy) is 1. The van der Waals surface area contributed by atoms with E-state index in [1.807, 2.05) is 12.4 Å². The van der Waals surface area contributed by atoms with Crippen LogP contribution in [0.25, 0.3) is 0 Å². The van der Waals surface area contributed by atoms with Gasteiger partial charge in [0.25, 0.3) is 0 Å². The third-order valence-electron chi connectivity index (χ3n) is 6.78. The van der Waals surface area contributed by atoms with Gasteiger partial charge in [0.05, 0.1) is 6.61 Å². The van der Waals surface area contributed by atoms with Crippen LogP contribution in [0.2, 0.25) is 0 Å². The van der Waals surface area contributed by atoms with Gasteiger partial charge in [0.15, 0.2) is 0 Å². The molecular weight excluding hydrogens is 322 g/mol. The quantitative estimate of drug-likeness (QED) is 0.746. The Kier molecular flexibility index (Phi) is 5.63. The number of hydrogen-bond donors (Lipinski definition) is 0. The third-order valence-corrected chi connectivity index (χ3v) is 6.78. The molecule has 1 aliphatic carbocycles. The number of nitrogens with zero attached hydrogens (tertiary/aromatic N) is 3. The molecule has 1 aromatic rings. The number of rotatable bonds is 7. The molecule has 3 heterocycles. The van der Waals surface area contributed by atoms with Crippen LogP contribution in [-0.2, 0) is 11.3 Å². The lowest BCUT2D eigenvalue weighted by Crippen LogP contribution is -2.44. The van der Waals surface area contributed by atoms with Crippen LogP contribution < -0.4 is 0 Å². The molecule has 0 N–H and O–H groups in total. The molecule has 1 spiro atoms. The molecule has 1 saturated carbocycles. The predicted molar refractivity (Wildman–Crippen MR) is 105 cm³/mol. The van der Waals surface area contributed by atoms with E-state index in [1.165, 1.54) is 57.3 Å². The zero-order chi connectivity index (χ0) is 18.0. The Morgan fingerprint density at radius 2 is 2.04 bits per heavy atom. The van der Waals surface area contributed by atoms with E-state index in [0.29, 0.717) is 17.5 Å². The summed E-state index contributed by atoms with van der Waals surface area (Å²) in [4.78, 5) is 9.65. The highest BCUT2D eigenvalue weighted by atomic mass is 16.5. The summed E-state index contributed by atoms with van der Waals surface area (Å²) >= 11 is 0. The summed E-state index contributed by atoms with van der Waals surface area (Å²) in [6.45, 7) is 11.3. The minimum atomic E-state index is 0.501. The van der Waals surface area contributed by atoms with Crippen molar-refractivity contribution < 1.29 is 4.74 Å². The van der Waals surface area contributed by atoms with Gasteiger partial charge in [-0.25, -0.2) is 0 Å². The van der Waals surface area contributed by atoms with Crippen molar-refractivity contribution in [2.24, 2.45) is 11.3 Å². The Morgan fingerprint density at radius 3 is 2.69 bits per heavy atom. The first kappa shape index (κ1) is 18.4. The molecule has 1 atom stereocenters. The van der Waals surface area contributed by atoms with Gasteiger partial charge in [-0.3, -0.25) is 9.88 Å². The van der Waals surface area contributed by atoms with Crippen molar-refractivity contribution in [1.29, 1.82) is 0 Å². The fourth-order valence-electron chi connectivity index (χ4n) is 4.86. The highest BCUT2D eigenvalue weighted by Crippen LogP contribution is 2.44. The van der Waals surface area contributed by atoms with E-state index in [0.717, 1.165) is 25.7 Å². The van der Waals surface area contributed by atoms with Crippen LogP contribution in [-0.4, -0.2) is 59.7 Å². The predicted octanol–water partition coefficient (Wildman–Crippen LogP) is 3.57. The zero-order valence-corrected chi connectivity index (χ0v) is 16.6. The third kappa shape index (κ3) is 4.47. The highest BCUT2D eigenvalue weighted by molar-refractivity contribution is 5.10. The summed E-state index contributed by atoms with van der Waals surface area (Å²) in [7, 11) is 0. The molecule has 144 valence electrons. The van der Waals surface area contributed by atoms with Crippen molar-refractivity contribution in [1.82, 2.24) is 14.8 Å². The van der Waals surface area contributed by atoms with Crippen LogP contribution in [0.15, 0.2) is 24.5 Å². The van der Waals surface area contributed by atoms with Crippen molar-refractivity contribution in [3.63, 3.8) is 0 Å². The summed E-state index contributed by atoms with van der Waals surface area (Å²) in [5.41, 5.74) is 1.83. The maximum Gasteiger partial charge on any atom is 0.0622 e. The number of aromatic nitrogens is 1. The zero-order valence-electron chi connectivity index (χ0n) is 16.6. The summed E-state index contributed by atoms with van der Waals surface area (Å²) < 4.78 is 6.14. The van der Waals surface area contributed by atoms with Crippen LogP contribution in [0.3, 0.4) is 0 Å². The lowest BCUT2D eigenvalue weighted by Gasteiger charge is -2.41. The molecule has 4 heteroatoms. The molecule has 2 aliphatic heterocycles. The van der Waals surface area contributed by atoms with Crippen LogP contribution >= 0.6 is 0 Å². The highest BCUT2D eigenvalue weighted by Gasteiger charge is 2.45. The van der Waals surface area contributed by atoms with Crippen molar-refractivity contribution in [2.75, 3.05) is 32.8 Å². The molecule has 1 aromatic heterocycles. The molecule has 3 aliphatic rings. The normalized spacial score (nSPS) is 26.8. The van der Waals surface area contributed by atoms with E-state index in [4.69, 9.17) is 4.74 Å². The summed E-state index contributed by atoms with van der Waals surface area (Å²) in [6.07, 6.45) is 10.6. The Bertz CT molecular complexity index is 564. The minimum absolute atomic E-state index is 0.501. The smallest absolute Gasteiger partial charge is 0.0622 e. The lowest BCUT2D eigenvalue weighted by atomic mass is 9.76. The van der Waals surface area contributed by atoms with Crippen LogP contribution in [0, 0.1) is 11.3 Å². The van der Waals surface area contributed by atoms with Crippen LogP contribution in [0.4, 0.5) is 0 Å². The standard InChI is InChI=1S/C22H35N3O/c1-18(2)24-10-7-22(8-11-24)12-21(16-26-15-19-5-6-19)25(17-22)14-20-4-3-9-23-13-20/h3-4,9,13,18-19,21H,5-8,10-12,14-17H2,1-2H3. The monoisotopic (exact) mass is 357 g/mol. The van der Waals surface area contributed by atoms with Gasteiger partial charge in [0.2, 0.25) is 0 Å². The average molecular weight is 358 g/mol. The second kappa shape index (κ2) is 7.95. The van der Waals surface area contributed by atoms with E-state index >= 15 is 0 Å². The number of pyridine rings is 1. The van der Waals surface area contributed by atoms with E-state index < -0.39 is 0 Å². The van der Waals surface area contributed by atoms with Crippen LogP contribution in [0.1, 0.15) is 51.5 Å². The Balaban J connectivity index is 1.39. The van der Waals surface area contributed by atoms with E-state index in [-0.39, 0.29) is 0 Å². The largest absolute Gasteiger partial charge is 0.380 e. The van der Waals surface area contributed by atoms with Gasteiger partial charge in [-0.1, -0.05) is 6.07 Å². The van der Waals surface area contributed by atoms with Crippen molar-refractivity contribution >= 4 is 0 Å². The molecule has 0 radical (unpaired) electrons. The van der Waals surface area contributed by atoms with Crippen molar-refractivity contribution in [3.8, 4) is 0 Å². The fourth-order valence-corrected chi connectivity index (χ4v) is 4.86. The van der Waals surface area contributed by atoms with E-state index in [9.17, 15) is 0 Å². The lowest BCUT2D eigenvalue weighted by molar-refractivity contribution is 0.0682. The van der Waals surface area contributed by atoms with E-state index in [2.05, 4.69) is 40.8 Å². The maximum atomic E-state index is 6.14. The van der Waals surface area contributed by atoms with Crippen molar-refractivity contribution in [2.45, 2.75) is 64.6 Å². The van der Waals surface area contributed by atoms with Gasteiger partial charge in [-0.2, -0.15) is 0 Å². The molecule has 3 fully saturated rings. The Labute approximate surface area is 158 Å². The molecule has 0 aromatic carbocycles. The van der Waals surface area contributed by atoms with Gasteiger partial charge in [-0.15, -0.1) is 0 Å². The van der Waals surface area contributed by atoms with Gasteiger partial charge < -0.3 is 9.64 Å². The van der Waals surface area contributed by atoms with E-state index in [1.54, 1.807) is 0 Å². The topological polar surface area (TPSA) is 28.6 Å². The average Bonchev–Trinajstić information content (AvgIpc) is 3.40. The SMILES string of the molecule is CC(C)N1CCC2(CC1)CC(COCC1CC1)N(Cc1cccnc1)C2. The van der Waals surface area contributed by atoms with Gasteiger partial charge >= 0.3 is 0 Å². The molecular formula is C22H35N3O.